The Hall–Kier alpha value is -0.890. The van der Waals surface area contributed by atoms with Gasteiger partial charge in [0.25, 0.3) is 0 Å². The van der Waals surface area contributed by atoms with E-state index in [1.807, 2.05) is 18.8 Å². The molecule has 2 N–H and O–H groups in total. The zero-order valence-corrected chi connectivity index (χ0v) is 18.5. The van der Waals surface area contributed by atoms with E-state index in [1.54, 1.807) is 11.8 Å². The summed E-state index contributed by atoms with van der Waals surface area (Å²) in [6, 6.07) is 1.16. The fourth-order valence-electron chi connectivity index (χ4n) is 4.27. The minimum Gasteiger partial charge on any atom is -0.356 e. The first-order valence-corrected chi connectivity index (χ1v) is 12.7. The van der Waals surface area contributed by atoms with Gasteiger partial charge in [0.15, 0.2) is 11.1 Å². The molecule has 2 aliphatic carbocycles. The lowest BCUT2D eigenvalue weighted by atomic mass is 10.2. The van der Waals surface area contributed by atoms with Gasteiger partial charge in [0, 0.05) is 37.3 Å². The maximum absolute atomic E-state index is 4.49. The van der Waals surface area contributed by atoms with Crippen molar-refractivity contribution in [2.45, 2.75) is 80.3 Å². The van der Waals surface area contributed by atoms with Gasteiger partial charge in [0.05, 0.1) is 0 Å². The molecule has 0 saturated heterocycles. The lowest BCUT2D eigenvalue weighted by Crippen LogP contribution is -2.43. The number of rotatable bonds is 8. The average Bonchev–Trinajstić information content (AvgIpc) is 3.44. The predicted octanol–water partition coefficient (Wildman–Crippen LogP) is 3.50. The van der Waals surface area contributed by atoms with Crippen LogP contribution in [0.2, 0.25) is 0 Å². The monoisotopic (exact) mass is 410 g/mol. The van der Waals surface area contributed by atoms with E-state index in [-0.39, 0.29) is 0 Å². The molecule has 0 bridgehead atoms. The molecular formula is C19H34N6S2. The Labute approximate surface area is 172 Å². The van der Waals surface area contributed by atoms with Gasteiger partial charge in [0.1, 0.15) is 5.82 Å². The van der Waals surface area contributed by atoms with E-state index in [1.165, 1.54) is 44.9 Å². The summed E-state index contributed by atoms with van der Waals surface area (Å²) in [5.41, 5.74) is 0. The Morgan fingerprint density at radius 1 is 1.19 bits per heavy atom. The molecule has 1 aromatic rings. The number of aromatic nitrogens is 3. The lowest BCUT2D eigenvalue weighted by molar-refractivity contribution is 0.460. The summed E-state index contributed by atoms with van der Waals surface area (Å²) in [4.78, 5) is 4.40. The van der Waals surface area contributed by atoms with Gasteiger partial charge < -0.3 is 15.2 Å². The fourth-order valence-corrected chi connectivity index (χ4v) is 5.64. The van der Waals surface area contributed by atoms with E-state index in [0.29, 0.717) is 12.1 Å². The number of guanidine groups is 1. The fraction of sp³-hybridized carbons (Fsp3) is 0.842. The first-order chi connectivity index (χ1) is 13.2. The Morgan fingerprint density at radius 3 is 2.67 bits per heavy atom. The standard InChI is InChI=1S/C19H34N6S2/c1-20-18(22-14-10-11-16(13-14)26-2)21-12-6-9-17-23-24-19(27-3)25(17)15-7-4-5-8-15/h14-16H,4-13H2,1-3H3,(H2,20,21,22). The highest BCUT2D eigenvalue weighted by atomic mass is 32.2. The quantitative estimate of drug-likeness (QED) is 0.296. The van der Waals surface area contributed by atoms with Crippen molar-refractivity contribution >= 4 is 29.5 Å². The molecule has 2 fully saturated rings. The van der Waals surface area contributed by atoms with Crippen LogP contribution in [0.5, 0.6) is 0 Å². The molecule has 6 nitrogen and oxygen atoms in total. The van der Waals surface area contributed by atoms with Gasteiger partial charge in [0.2, 0.25) is 0 Å². The SMILES string of the molecule is CN=C(NCCCc1nnc(SC)n1C1CCCC1)NC1CCC(SC)C1. The second-order valence-corrected chi connectivity index (χ2v) is 9.44. The van der Waals surface area contributed by atoms with Crippen LogP contribution in [-0.4, -0.2) is 58.1 Å². The normalized spacial score (nSPS) is 23.9. The summed E-state index contributed by atoms with van der Waals surface area (Å²) in [6.07, 6.45) is 15.3. The smallest absolute Gasteiger partial charge is 0.191 e. The van der Waals surface area contributed by atoms with Crippen molar-refractivity contribution in [3.05, 3.63) is 5.82 Å². The molecule has 2 aliphatic rings. The Morgan fingerprint density at radius 2 is 2.00 bits per heavy atom. The van der Waals surface area contributed by atoms with Gasteiger partial charge in [-0.05, 0) is 51.0 Å². The first-order valence-electron chi connectivity index (χ1n) is 10.2. The second-order valence-electron chi connectivity index (χ2n) is 7.53. The largest absolute Gasteiger partial charge is 0.356 e. The van der Waals surface area contributed by atoms with Crippen LogP contribution in [0.25, 0.3) is 0 Å². The maximum Gasteiger partial charge on any atom is 0.191 e. The van der Waals surface area contributed by atoms with Crippen molar-refractivity contribution < 1.29 is 0 Å². The van der Waals surface area contributed by atoms with Crippen molar-refractivity contribution in [2.24, 2.45) is 4.99 Å². The molecule has 0 amide bonds. The number of aryl methyl sites for hydroxylation is 1. The lowest BCUT2D eigenvalue weighted by Gasteiger charge is -2.18. The number of nitrogens with one attached hydrogen (secondary N) is 2. The van der Waals surface area contributed by atoms with Crippen LogP contribution in [0.4, 0.5) is 0 Å². The molecule has 0 aliphatic heterocycles. The van der Waals surface area contributed by atoms with E-state index in [9.17, 15) is 0 Å². The van der Waals surface area contributed by atoms with E-state index in [2.05, 4.69) is 42.9 Å². The molecule has 1 aromatic heterocycles. The highest BCUT2D eigenvalue weighted by molar-refractivity contribution is 7.99. The second kappa shape index (κ2) is 10.6. The number of hydrogen-bond donors (Lipinski definition) is 2. The molecular weight excluding hydrogens is 376 g/mol. The molecule has 0 radical (unpaired) electrons. The number of aliphatic imine (C=N–C) groups is 1. The summed E-state index contributed by atoms with van der Waals surface area (Å²) in [6.45, 7) is 0.907. The summed E-state index contributed by atoms with van der Waals surface area (Å²) >= 11 is 3.70. The molecule has 27 heavy (non-hydrogen) atoms. The zero-order chi connectivity index (χ0) is 19.1. The molecule has 1 heterocycles. The van der Waals surface area contributed by atoms with Crippen LogP contribution in [0.15, 0.2) is 10.1 Å². The van der Waals surface area contributed by atoms with Gasteiger partial charge >= 0.3 is 0 Å². The summed E-state index contributed by atoms with van der Waals surface area (Å²) < 4.78 is 2.41. The van der Waals surface area contributed by atoms with Crippen LogP contribution in [0, 0.1) is 0 Å². The first kappa shape index (κ1) is 20.8. The molecule has 152 valence electrons. The van der Waals surface area contributed by atoms with E-state index in [0.717, 1.165) is 41.6 Å². The van der Waals surface area contributed by atoms with Crippen molar-refractivity contribution in [1.29, 1.82) is 0 Å². The number of hydrogen-bond acceptors (Lipinski definition) is 5. The van der Waals surface area contributed by atoms with Crippen molar-refractivity contribution in [3.8, 4) is 0 Å². The highest BCUT2D eigenvalue weighted by Gasteiger charge is 2.25. The molecule has 8 heteroatoms. The third-order valence-corrected chi connectivity index (χ3v) is 7.50. The molecule has 2 saturated carbocycles. The Balaban J connectivity index is 1.45. The van der Waals surface area contributed by atoms with Crippen LogP contribution in [0.3, 0.4) is 0 Å². The van der Waals surface area contributed by atoms with Crippen LogP contribution in [0.1, 0.15) is 63.2 Å². The van der Waals surface area contributed by atoms with Crippen LogP contribution >= 0.6 is 23.5 Å². The summed E-state index contributed by atoms with van der Waals surface area (Å²) in [7, 11) is 1.86. The molecule has 2 atom stereocenters. The van der Waals surface area contributed by atoms with Gasteiger partial charge in [-0.2, -0.15) is 11.8 Å². The van der Waals surface area contributed by atoms with E-state index < -0.39 is 0 Å². The van der Waals surface area contributed by atoms with Gasteiger partial charge in [-0.25, -0.2) is 0 Å². The Kier molecular flexibility index (Phi) is 8.18. The topological polar surface area (TPSA) is 67.1 Å². The van der Waals surface area contributed by atoms with Crippen LogP contribution in [-0.2, 0) is 6.42 Å². The van der Waals surface area contributed by atoms with E-state index in [4.69, 9.17) is 0 Å². The highest BCUT2D eigenvalue weighted by Crippen LogP contribution is 2.33. The molecule has 0 aromatic carbocycles. The molecule has 2 unspecified atom stereocenters. The Bertz CT molecular complexity index is 611. The zero-order valence-electron chi connectivity index (χ0n) is 16.9. The number of thioether (sulfide) groups is 2. The van der Waals surface area contributed by atoms with Crippen LogP contribution < -0.4 is 10.6 Å². The van der Waals surface area contributed by atoms with Gasteiger partial charge in [-0.3, -0.25) is 4.99 Å². The molecule has 3 rings (SSSR count). The third kappa shape index (κ3) is 5.56. The third-order valence-electron chi connectivity index (χ3n) is 5.76. The van der Waals surface area contributed by atoms with Crippen molar-refractivity contribution in [1.82, 2.24) is 25.4 Å². The van der Waals surface area contributed by atoms with E-state index >= 15 is 0 Å². The van der Waals surface area contributed by atoms with Crippen molar-refractivity contribution in [3.63, 3.8) is 0 Å². The molecule has 0 spiro atoms. The minimum atomic E-state index is 0.559. The predicted molar refractivity (Wildman–Crippen MR) is 117 cm³/mol. The summed E-state index contributed by atoms with van der Waals surface area (Å²) in [5, 5.41) is 17.8. The van der Waals surface area contributed by atoms with Crippen molar-refractivity contribution in [2.75, 3.05) is 26.1 Å². The summed E-state index contributed by atoms with van der Waals surface area (Å²) in [5.74, 6) is 2.08. The minimum absolute atomic E-state index is 0.559. The maximum atomic E-state index is 4.49. The van der Waals surface area contributed by atoms with Gasteiger partial charge in [-0.15, -0.1) is 10.2 Å². The average molecular weight is 411 g/mol. The van der Waals surface area contributed by atoms with Gasteiger partial charge in [-0.1, -0.05) is 24.6 Å². The number of nitrogens with zero attached hydrogens (tertiary/aromatic N) is 4.